The predicted molar refractivity (Wildman–Crippen MR) is 127 cm³/mol. The summed E-state index contributed by atoms with van der Waals surface area (Å²) in [5.74, 6) is -0.209. The van der Waals surface area contributed by atoms with Gasteiger partial charge in [0, 0.05) is 18.4 Å². The van der Waals surface area contributed by atoms with E-state index in [1.165, 1.54) is 41.6 Å². The largest absolute Gasteiger partial charge is 0.417 e. The molecule has 1 fully saturated rings. The van der Waals surface area contributed by atoms with Gasteiger partial charge in [0.1, 0.15) is 17.8 Å². The van der Waals surface area contributed by atoms with E-state index in [9.17, 15) is 26.4 Å². The molecule has 3 N–H and O–H groups in total. The van der Waals surface area contributed by atoms with Gasteiger partial charge < -0.3 is 5.32 Å². The molecule has 37 heavy (non-hydrogen) atoms. The van der Waals surface area contributed by atoms with E-state index in [0.29, 0.717) is 30.6 Å². The number of nitrogens with one attached hydrogen (secondary N) is 1. The number of alkyl halides is 3. The zero-order valence-corrected chi connectivity index (χ0v) is 20.7. The van der Waals surface area contributed by atoms with Crippen LogP contribution in [0.3, 0.4) is 0 Å². The summed E-state index contributed by atoms with van der Waals surface area (Å²) in [4.78, 5) is 21.2. The van der Waals surface area contributed by atoms with Crippen LogP contribution in [0.1, 0.15) is 46.4 Å². The number of anilines is 1. The van der Waals surface area contributed by atoms with Gasteiger partial charge >= 0.3 is 16.5 Å². The van der Waals surface area contributed by atoms with Gasteiger partial charge in [0.25, 0.3) is 0 Å². The molecular formula is C22H22ClF3N6O4S. The Bertz CT molecular complexity index is 1400. The molecule has 0 spiro atoms. The van der Waals surface area contributed by atoms with Crippen LogP contribution in [0.5, 0.6) is 0 Å². The van der Waals surface area contributed by atoms with E-state index in [4.69, 9.17) is 16.7 Å². The number of carbonyl (C=O) groups is 1. The van der Waals surface area contributed by atoms with Crippen molar-refractivity contribution < 1.29 is 30.6 Å². The first kappa shape index (κ1) is 27.0. The molecule has 0 amide bonds. The number of halogens is 4. The highest BCUT2D eigenvalue weighted by molar-refractivity contribution is 7.84. The normalized spacial score (nSPS) is 18.2. The summed E-state index contributed by atoms with van der Waals surface area (Å²) in [5, 5.41) is 11.9. The Hall–Kier alpha value is -3.07. The van der Waals surface area contributed by atoms with E-state index >= 15 is 0 Å². The first-order valence-electron chi connectivity index (χ1n) is 11.1. The average molecular weight is 559 g/mol. The smallest absolute Gasteiger partial charge is 0.367 e. The maximum absolute atomic E-state index is 13.2. The molecule has 1 saturated carbocycles. The van der Waals surface area contributed by atoms with Crippen LogP contribution in [-0.2, 0) is 27.2 Å². The highest BCUT2D eigenvalue weighted by Gasteiger charge is 2.33. The van der Waals surface area contributed by atoms with Gasteiger partial charge in [-0.3, -0.25) is 13.7 Å². The topological polar surface area (TPSA) is 142 Å². The monoisotopic (exact) mass is 558 g/mol. The van der Waals surface area contributed by atoms with Gasteiger partial charge in [0.15, 0.2) is 0 Å². The van der Waals surface area contributed by atoms with Gasteiger partial charge in [-0.1, -0.05) is 17.7 Å². The lowest BCUT2D eigenvalue weighted by molar-refractivity contribution is -0.137. The first-order chi connectivity index (χ1) is 17.4. The molecule has 3 aromatic rings. The Morgan fingerprint density at radius 2 is 2.05 bits per heavy atom. The molecular weight excluding hydrogens is 537 g/mol. The third-order valence-electron chi connectivity index (χ3n) is 5.86. The summed E-state index contributed by atoms with van der Waals surface area (Å²) in [6.07, 6.45) is 1.51. The highest BCUT2D eigenvalue weighted by Crippen LogP contribution is 2.35. The van der Waals surface area contributed by atoms with Gasteiger partial charge in [-0.05, 0) is 48.9 Å². The number of rotatable bonds is 9. The van der Waals surface area contributed by atoms with Gasteiger partial charge in [-0.2, -0.15) is 26.7 Å². The minimum Gasteiger partial charge on any atom is -0.367 e. The first-order valence-corrected chi connectivity index (χ1v) is 12.9. The fourth-order valence-corrected chi connectivity index (χ4v) is 4.74. The Kier molecular flexibility index (Phi) is 7.83. The van der Waals surface area contributed by atoms with E-state index < -0.39 is 32.8 Å². The Balaban J connectivity index is 1.44. The zero-order chi connectivity index (χ0) is 26.8. The van der Waals surface area contributed by atoms with Crippen molar-refractivity contribution in [3.8, 4) is 0 Å². The lowest BCUT2D eigenvalue weighted by Gasteiger charge is -2.15. The Morgan fingerprint density at radius 1 is 1.27 bits per heavy atom. The molecule has 4 rings (SSSR count). The molecule has 0 aliphatic heterocycles. The molecule has 2 heterocycles. The quantitative estimate of drug-likeness (QED) is 0.380. The van der Waals surface area contributed by atoms with Crippen LogP contribution in [-0.4, -0.2) is 46.6 Å². The minimum atomic E-state index is -4.59. The molecule has 198 valence electrons. The average Bonchev–Trinajstić information content (AvgIpc) is 3.47. The Morgan fingerprint density at radius 3 is 2.78 bits per heavy atom. The fraction of sp³-hybridized carbons (Fsp3) is 0.364. The molecule has 1 aromatic carbocycles. The van der Waals surface area contributed by atoms with Crippen LogP contribution in [0.2, 0.25) is 5.02 Å². The number of hydrogen-bond acceptors (Lipinski definition) is 8. The van der Waals surface area contributed by atoms with Gasteiger partial charge in [-0.15, -0.1) is 0 Å². The van der Waals surface area contributed by atoms with Crippen molar-refractivity contribution in [2.24, 2.45) is 11.1 Å². The van der Waals surface area contributed by atoms with Crippen LogP contribution < -0.4 is 10.5 Å². The molecule has 2 aromatic heterocycles. The van der Waals surface area contributed by atoms with Crippen molar-refractivity contribution in [1.82, 2.24) is 19.7 Å². The predicted octanol–water partition coefficient (Wildman–Crippen LogP) is 3.43. The van der Waals surface area contributed by atoms with E-state index in [2.05, 4.69) is 24.6 Å². The molecule has 2 atom stereocenters. The standard InChI is InChI=1S/C22H22ClF3N6O4S/c23-18-4-2-13(8-17(18)22(24,25)26)10-32-6-5-19(31-32)20(33)16-9-28-12-29-21(16)30-15-3-1-14(7-15)11-36-37(27,34)35/h2,4-6,8-9,12,14-15H,1,3,7,10-11H2,(H2,27,34,35)(H,28,29,30)/t14-,15+/m1/s1. The molecule has 0 saturated heterocycles. The molecule has 15 heteroatoms. The second-order valence-electron chi connectivity index (χ2n) is 8.62. The van der Waals surface area contributed by atoms with E-state index in [0.717, 1.165) is 6.07 Å². The summed E-state index contributed by atoms with van der Waals surface area (Å²) in [7, 11) is -4.02. The molecule has 0 radical (unpaired) electrons. The maximum Gasteiger partial charge on any atom is 0.417 e. The number of nitrogens with zero attached hydrogens (tertiary/aromatic N) is 4. The van der Waals surface area contributed by atoms with Crippen LogP contribution in [0.15, 0.2) is 43.0 Å². The van der Waals surface area contributed by atoms with Crippen molar-refractivity contribution in [2.75, 3.05) is 11.9 Å². The van der Waals surface area contributed by atoms with Crippen molar-refractivity contribution in [3.05, 3.63) is 70.4 Å². The summed E-state index contributed by atoms with van der Waals surface area (Å²) >= 11 is 5.67. The maximum atomic E-state index is 13.2. The molecule has 1 aliphatic carbocycles. The van der Waals surface area contributed by atoms with Crippen molar-refractivity contribution in [1.29, 1.82) is 0 Å². The van der Waals surface area contributed by atoms with Gasteiger partial charge in [0.05, 0.1) is 29.3 Å². The van der Waals surface area contributed by atoms with E-state index in [1.807, 2.05) is 0 Å². The SMILES string of the molecule is NS(=O)(=O)OC[C@@H]1CC[C@H](Nc2ncncc2C(=O)c2ccn(Cc3ccc(Cl)c(C(F)(F)F)c3)n2)C1. The number of aromatic nitrogens is 4. The molecule has 0 unspecified atom stereocenters. The molecule has 1 aliphatic rings. The van der Waals surface area contributed by atoms with Crippen molar-refractivity contribution >= 4 is 33.5 Å². The number of benzene rings is 1. The lowest BCUT2D eigenvalue weighted by atomic mass is 10.1. The third-order valence-corrected chi connectivity index (χ3v) is 6.66. The summed E-state index contributed by atoms with van der Waals surface area (Å²) in [6, 6.07) is 4.94. The Labute approximate surface area is 215 Å². The van der Waals surface area contributed by atoms with Gasteiger partial charge in [0.2, 0.25) is 5.78 Å². The van der Waals surface area contributed by atoms with Crippen LogP contribution in [0, 0.1) is 5.92 Å². The zero-order valence-electron chi connectivity index (χ0n) is 19.2. The second-order valence-corrected chi connectivity index (χ2v) is 10.3. The van der Waals surface area contributed by atoms with Crippen LogP contribution in [0.4, 0.5) is 19.0 Å². The second kappa shape index (κ2) is 10.7. The molecule has 0 bridgehead atoms. The van der Waals surface area contributed by atoms with Gasteiger partial charge in [-0.25, -0.2) is 15.1 Å². The van der Waals surface area contributed by atoms with Crippen molar-refractivity contribution in [2.45, 2.75) is 38.0 Å². The number of hydrogen-bond donors (Lipinski definition) is 2. The summed E-state index contributed by atoms with van der Waals surface area (Å²) < 4.78 is 67.5. The lowest BCUT2D eigenvalue weighted by Crippen LogP contribution is -2.22. The number of nitrogens with two attached hydrogens (primary N) is 1. The van der Waals surface area contributed by atoms with E-state index in [-0.39, 0.29) is 36.4 Å². The van der Waals surface area contributed by atoms with E-state index in [1.54, 1.807) is 0 Å². The highest BCUT2D eigenvalue weighted by atomic mass is 35.5. The number of ketones is 1. The number of carbonyl (C=O) groups excluding carboxylic acids is 1. The summed E-state index contributed by atoms with van der Waals surface area (Å²) in [5.41, 5.74) is -0.402. The minimum absolute atomic E-state index is 0.00597. The fourth-order valence-electron chi connectivity index (χ4n) is 4.14. The van der Waals surface area contributed by atoms with Crippen LogP contribution in [0.25, 0.3) is 0 Å². The van der Waals surface area contributed by atoms with Crippen molar-refractivity contribution in [3.63, 3.8) is 0 Å². The van der Waals surface area contributed by atoms with Crippen LogP contribution >= 0.6 is 11.6 Å². The third kappa shape index (κ3) is 7.03. The summed E-state index contributed by atoms with van der Waals surface area (Å²) in [6.45, 7) is -0.0317. The molecule has 10 nitrogen and oxygen atoms in total.